The Bertz CT molecular complexity index is 389. The maximum atomic E-state index is 10.7. The predicted molar refractivity (Wildman–Crippen MR) is 64.6 cm³/mol. The Hall–Kier alpha value is 0.200. The molecule has 0 aliphatic heterocycles. The standard InChI is InChI=1S/C8H4Cl4O2S/c9-6-2-1-4(15-8(10,11)12)3-5(6)7(13)14/h1-3H,(H,13,14). The number of hydrogen-bond acceptors (Lipinski definition) is 2. The summed E-state index contributed by atoms with van der Waals surface area (Å²) in [5.41, 5.74) is -0.0177. The van der Waals surface area contributed by atoms with Crippen molar-refractivity contribution in [2.24, 2.45) is 0 Å². The highest BCUT2D eigenvalue weighted by molar-refractivity contribution is 8.04. The Morgan fingerprint density at radius 1 is 1.33 bits per heavy atom. The summed E-state index contributed by atoms with van der Waals surface area (Å²) < 4.78 is -1.52. The quantitative estimate of drug-likeness (QED) is 0.647. The van der Waals surface area contributed by atoms with Crippen molar-refractivity contribution in [3.8, 4) is 0 Å². The first-order chi connectivity index (χ1) is 6.79. The smallest absolute Gasteiger partial charge is 0.337 e. The van der Waals surface area contributed by atoms with E-state index in [2.05, 4.69) is 0 Å². The second-order valence-electron chi connectivity index (χ2n) is 2.49. The first kappa shape index (κ1) is 13.3. The van der Waals surface area contributed by atoms with E-state index in [-0.39, 0.29) is 10.6 Å². The van der Waals surface area contributed by atoms with Gasteiger partial charge in [0.25, 0.3) is 0 Å². The summed E-state index contributed by atoms with van der Waals surface area (Å²) in [6, 6.07) is 4.39. The van der Waals surface area contributed by atoms with Crippen molar-refractivity contribution >= 4 is 64.1 Å². The number of aromatic carboxylic acids is 1. The van der Waals surface area contributed by atoms with Crippen LogP contribution in [0.25, 0.3) is 0 Å². The molecule has 0 amide bonds. The maximum Gasteiger partial charge on any atom is 0.337 e. The zero-order valence-corrected chi connectivity index (χ0v) is 10.8. The molecule has 0 saturated carbocycles. The van der Waals surface area contributed by atoms with Crippen molar-refractivity contribution in [3.63, 3.8) is 0 Å². The molecule has 0 spiro atoms. The summed E-state index contributed by atoms with van der Waals surface area (Å²) in [6.07, 6.45) is 0. The number of carbonyl (C=O) groups is 1. The summed E-state index contributed by atoms with van der Waals surface area (Å²) in [5.74, 6) is -1.12. The molecule has 82 valence electrons. The van der Waals surface area contributed by atoms with Crippen LogP contribution in [0.2, 0.25) is 5.02 Å². The molecule has 0 atom stereocenters. The molecule has 15 heavy (non-hydrogen) atoms. The molecule has 0 fully saturated rings. The molecular formula is C8H4Cl4O2S. The fourth-order valence-corrected chi connectivity index (χ4v) is 2.45. The van der Waals surface area contributed by atoms with E-state index in [1.165, 1.54) is 12.1 Å². The lowest BCUT2D eigenvalue weighted by Crippen LogP contribution is -1.99. The van der Waals surface area contributed by atoms with Crippen molar-refractivity contribution in [2.75, 3.05) is 0 Å². The molecule has 0 unspecified atom stereocenters. The number of thioether (sulfide) groups is 1. The average molecular weight is 306 g/mol. The van der Waals surface area contributed by atoms with Crippen LogP contribution in [0.15, 0.2) is 23.1 Å². The first-order valence-electron chi connectivity index (χ1n) is 3.58. The van der Waals surface area contributed by atoms with E-state index in [9.17, 15) is 4.79 Å². The highest BCUT2D eigenvalue weighted by Gasteiger charge is 2.22. The number of carboxylic acid groups (broad SMARTS) is 1. The van der Waals surface area contributed by atoms with Gasteiger partial charge in [-0.1, -0.05) is 58.2 Å². The van der Waals surface area contributed by atoms with Crippen LogP contribution < -0.4 is 0 Å². The molecule has 1 rings (SSSR count). The van der Waals surface area contributed by atoms with Crippen molar-refractivity contribution in [1.29, 1.82) is 0 Å². The maximum absolute atomic E-state index is 10.7. The van der Waals surface area contributed by atoms with Gasteiger partial charge in [-0.05, 0) is 18.2 Å². The van der Waals surface area contributed by atoms with Gasteiger partial charge in [-0.25, -0.2) is 4.79 Å². The highest BCUT2D eigenvalue weighted by atomic mass is 35.6. The van der Waals surface area contributed by atoms with Crippen LogP contribution in [0.3, 0.4) is 0 Å². The highest BCUT2D eigenvalue weighted by Crippen LogP contribution is 2.44. The van der Waals surface area contributed by atoms with Crippen LogP contribution in [-0.4, -0.2) is 14.2 Å². The minimum absolute atomic E-state index is 0.0177. The van der Waals surface area contributed by atoms with Gasteiger partial charge in [0.05, 0.1) is 10.6 Å². The fourth-order valence-electron chi connectivity index (χ4n) is 0.865. The third kappa shape index (κ3) is 4.29. The third-order valence-corrected chi connectivity index (χ3v) is 3.15. The molecule has 0 heterocycles. The Morgan fingerprint density at radius 2 is 1.93 bits per heavy atom. The van der Waals surface area contributed by atoms with Crippen molar-refractivity contribution < 1.29 is 9.90 Å². The first-order valence-corrected chi connectivity index (χ1v) is 5.91. The van der Waals surface area contributed by atoms with Crippen LogP contribution in [0.1, 0.15) is 10.4 Å². The van der Waals surface area contributed by atoms with Crippen LogP contribution in [0.5, 0.6) is 0 Å². The zero-order valence-electron chi connectivity index (χ0n) is 7.01. The lowest BCUT2D eigenvalue weighted by Gasteiger charge is -2.10. The van der Waals surface area contributed by atoms with Gasteiger partial charge in [-0.2, -0.15) is 0 Å². The van der Waals surface area contributed by atoms with Crippen LogP contribution >= 0.6 is 58.2 Å². The Morgan fingerprint density at radius 3 is 2.40 bits per heavy atom. The number of alkyl halides is 3. The number of carboxylic acids is 1. The van der Waals surface area contributed by atoms with Crippen LogP contribution in [-0.2, 0) is 0 Å². The molecule has 0 radical (unpaired) electrons. The number of rotatable bonds is 2. The molecule has 1 aromatic carbocycles. The summed E-state index contributed by atoms with van der Waals surface area (Å²) in [6.45, 7) is 0. The van der Waals surface area contributed by atoms with Crippen molar-refractivity contribution in [2.45, 2.75) is 8.02 Å². The SMILES string of the molecule is O=C(O)c1cc(SC(Cl)(Cl)Cl)ccc1Cl. The average Bonchev–Trinajstić information content (AvgIpc) is 2.05. The largest absolute Gasteiger partial charge is 0.478 e. The Balaban J connectivity index is 3.03. The monoisotopic (exact) mass is 304 g/mol. The molecular weight excluding hydrogens is 302 g/mol. The van der Waals surface area contributed by atoms with Gasteiger partial charge in [0.1, 0.15) is 0 Å². The van der Waals surface area contributed by atoms with E-state index in [1.807, 2.05) is 0 Å². The zero-order chi connectivity index (χ0) is 11.6. The van der Waals surface area contributed by atoms with E-state index in [4.69, 9.17) is 51.5 Å². The van der Waals surface area contributed by atoms with Gasteiger partial charge in [0, 0.05) is 4.90 Å². The van der Waals surface area contributed by atoms with E-state index >= 15 is 0 Å². The van der Waals surface area contributed by atoms with E-state index < -0.39 is 9.09 Å². The minimum atomic E-state index is -1.52. The van der Waals surface area contributed by atoms with Gasteiger partial charge in [0.2, 0.25) is 3.12 Å². The van der Waals surface area contributed by atoms with Gasteiger partial charge in [-0.3, -0.25) is 0 Å². The molecule has 0 aliphatic carbocycles. The van der Waals surface area contributed by atoms with Crippen molar-refractivity contribution in [3.05, 3.63) is 28.8 Å². The van der Waals surface area contributed by atoms with Gasteiger partial charge < -0.3 is 5.11 Å². The minimum Gasteiger partial charge on any atom is -0.478 e. The molecule has 0 aromatic heterocycles. The Kier molecular flexibility index (Phi) is 4.44. The van der Waals surface area contributed by atoms with E-state index in [1.54, 1.807) is 6.07 Å². The normalized spacial score (nSPS) is 11.5. The lowest BCUT2D eigenvalue weighted by atomic mass is 10.2. The number of hydrogen-bond donors (Lipinski definition) is 1. The van der Waals surface area contributed by atoms with Gasteiger partial charge in [0.15, 0.2) is 0 Å². The fraction of sp³-hybridized carbons (Fsp3) is 0.125. The van der Waals surface area contributed by atoms with Crippen LogP contribution in [0.4, 0.5) is 0 Å². The lowest BCUT2D eigenvalue weighted by molar-refractivity contribution is 0.0697. The van der Waals surface area contributed by atoms with E-state index in [0.717, 1.165) is 11.8 Å². The topological polar surface area (TPSA) is 37.3 Å². The molecule has 2 nitrogen and oxygen atoms in total. The molecule has 1 N–H and O–H groups in total. The summed E-state index contributed by atoms with van der Waals surface area (Å²) in [7, 11) is 0. The summed E-state index contributed by atoms with van der Waals surface area (Å²) in [5, 5.41) is 8.94. The van der Waals surface area contributed by atoms with Gasteiger partial charge >= 0.3 is 5.97 Å². The summed E-state index contributed by atoms with van der Waals surface area (Å²) in [4.78, 5) is 11.3. The molecule has 0 saturated heterocycles. The number of benzene rings is 1. The van der Waals surface area contributed by atoms with Crippen molar-refractivity contribution in [1.82, 2.24) is 0 Å². The molecule has 0 bridgehead atoms. The second kappa shape index (κ2) is 5.02. The second-order valence-corrected chi connectivity index (χ2v) is 7.14. The third-order valence-electron chi connectivity index (χ3n) is 1.40. The van der Waals surface area contributed by atoms with Gasteiger partial charge in [-0.15, -0.1) is 0 Å². The predicted octanol–water partition coefficient (Wildman–Crippen LogP) is 4.46. The van der Waals surface area contributed by atoms with E-state index in [0.29, 0.717) is 4.90 Å². The molecule has 1 aromatic rings. The molecule has 0 aliphatic rings. The molecule has 7 heteroatoms. The Labute approximate surface area is 110 Å². The number of halogens is 4. The summed E-state index contributed by atoms with van der Waals surface area (Å²) >= 11 is 23.2. The van der Waals surface area contributed by atoms with Crippen LogP contribution in [0, 0.1) is 0 Å².